The summed E-state index contributed by atoms with van der Waals surface area (Å²) in [5.74, 6) is -0.843. The van der Waals surface area contributed by atoms with Gasteiger partial charge in [-0.3, -0.25) is 4.79 Å². The Morgan fingerprint density at radius 3 is 1.61 bits per heavy atom. The second-order valence-electron chi connectivity index (χ2n) is 12.9. The number of rotatable bonds is 9. The highest BCUT2D eigenvalue weighted by Crippen LogP contribution is 2.50. The number of fused-ring (bicyclic) bond motifs is 1. The van der Waals surface area contributed by atoms with E-state index in [-0.39, 0.29) is 76.2 Å². The number of aromatic hydroxyl groups is 6. The molecule has 7 rings (SSSR count). The van der Waals surface area contributed by atoms with E-state index in [0.717, 1.165) is 22.3 Å². The zero-order valence-corrected chi connectivity index (χ0v) is 27.6. The number of carbonyl (C=O) groups is 1. The minimum absolute atomic E-state index is 0.000239. The summed E-state index contributed by atoms with van der Waals surface area (Å²) in [5, 5.41) is 66.0. The summed E-state index contributed by atoms with van der Waals surface area (Å²) >= 11 is 0. The van der Waals surface area contributed by atoms with E-state index in [0.29, 0.717) is 29.5 Å². The normalized spacial score (nSPS) is 13.8. The van der Waals surface area contributed by atoms with Crippen molar-refractivity contribution in [3.63, 3.8) is 0 Å². The third-order valence-electron chi connectivity index (χ3n) is 9.47. The molecule has 0 saturated carbocycles. The van der Waals surface area contributed by atoms with Crippen molar-refractivity contribution in [1.82, 2.24) is 0 Å². The number of benzene rings is 6. The van der Waals surface area contributed by atoms with E-state index in [2.05, 4.69) is 0 Å². The van der Waals surface area contributed by atoms with Crippen LogP contribution < -0.4 is 4.74 Å². The molecule has 6 aromatic rings. The van der Waals surface area contributed by atoms with Crippen molar-refractivity contribution in [2.45, 2.75) is 38.2 Å². The van der Waals surface area contributed by atoms with Crippen LogP contribution in [-0.2, 0) is 25.7 Å². The molecule has 51 heavy (non-hydrogen) atoms. The lowest BCUT2D eigenvalue weighted by Crippen LogP contribution is -2.22. The van der Waals surface area contributed by atoms with Gasteiger partial charge in [0.15, 0.2) is 5.78 Å². The van der Waals surface area contributed by atoms with Gasteiger partial charge in [-0.15, -0.1) is 0 Å². The molecule has 0 saturated heterocycles. The fourth-order valence-corrected chi connectivity index (χ4v) is 6.76. The van der Waals surface area contributed by atoms with E-state index >= 15 is 0 Å². The smallest absolute Gasteiger partial charge is 0.174 e. The van der Waals surface area contributed by atoms with Gasteiger partial charge in [0.1, 0.15) is 51.9 Å². The van der Waals surface area contributed by atoms with E-state index in [1.807, 2.05) is 48.5 Å². The molecule has 0 aliphatic carbocycles. The van der Waals surface area contributed by atoms with Crippen molar-refractivity contribution in [2.24, 2.45) is 0 Å². The van der Waals surface area contributed by atoms with Crippen LogP contribution in [-0.4, -0.2) is 36.4 Å². The fourth-order valence-electron chi connectivity index (χ4n) is 6.76. The van der Waals surface area contributed by atoms with E-state index in [9.17, 15) is 35.4 Å². The second-order valence-corrected chi connectivity index (χ2v) is 12.9. The van der Waals surface area contributed by atoms with Gasteiger partial charge in [-0.25, -0.2) is 0 Å². The lowest BCUT2D eigenvalue weighted by molar-refractivity contribution is 0.0842. The number of phenolic OH excluding ortho intramolecular Hbond substituents is 6. The van der Waals surface area contributed by atoms with Crippen molar-refractivity contribution >= 4 is 5.78 Å². The van der Waals surface area contributed by atoms with Crippen LogP contribution in [0.25, 0.3) is 0 Å². The minimum atomic E-state index is -0.645. The minimum Gasteiger partial charge on any atom is -0.508 e. The van der Waals surface area contributed by atoms with E-state index in [1.54, 1.807) is 54.6 Å². The van der Waals surface area contributed by atoms with Gasteiger partial charge in [0.2, 0.25) is 0 Å². The molecule has 0 unspecified atom stereocenters. The highest BCUT2D eigenvalue weighted by molar-refractivity contribution is 6.04. The molecule has 8 nitrogen and oxygen atoms in total. The van der Waals surface area contributed by atoms with Crippen LogP contribution in [0.15, 0.2) is 115 Å². The number of carbonyl (C=O) groups excluding carboxylic acids is 1. The lowest BCUT2D eigenvalue weighted by atomic mass is 9.87. The molecule has 0 spiro atoms. The Hall–Kier alpha value is -6.41. The summed E-state index contributed by atoms with van der Waals surface area (Å²) in [6.07, 6.45) is -0.0270. The first-order valence-corrected chi connectivity index (χ1v) is 16.7. The lowest BCUT2D eigenvalue weighted by Gasteiger charge is -2.30. The predicted molar refractivity (Wildman–Crippen MR) is 192 cm³/mol. The number of ketones is 1. The third-order valence-corrected chi connectivity index (χ3v) is 9.47. The second kappa shape index (κ2) is 13.8. The van der Waals surface area contributed by atoms with Crippen molar-refractivity contribution in [2.75, 3.05) is 0 Å². The van der Waals surface area contributed by atoms with Crippen LogP contribution in [0.5, 0.6) is 40.2 Å². The summed E-state index contributed by atoms with van der Waals surface area (Å²) in [7, 11) is 0. The van der Waals surface area contributed by atoms with Gasteiger partial charge in [-0.2, -0.15) is 0 Å². The number of Topliss-reactive ketones (excluding diaryl/α,β-unsaturated/α-hetero) is 1. The summed E-state index contributed by atoms with van der Waals surface area (Å²) in [6.45, 7) is 0. The molecule has 0 aromatic heterocycles. The molecule has 0 bridgehead atoms. The van der Waals surface area contributed by atoms with Crippen LogP contribution >= 0.6 is 0 Å². The summed E-state index contributed by atoms with van der Waals surface area (Å²) in [4.78, 5) is 13.7. The molecular weight excluding hydrogens is 644 g/mol. The Labute approximate surface area is 294 Å². The van der Waals surface area contributed by atoms with Gasteiger partial charge in [-0.05, 0) is 63.2 Å². The van der Waals surface area contributed by atoms with E-state index in [1.165, 1.54) is 12.1 Å². The highest BCUT2D eigenvalue weighted by atomic mass is 16.5. The monoisotopic (exact) mass is 680 g/mol. The predicted octanol–water partition coefficient (Wildman–Crippen LogP) is 7.99. The van der Waals surface area contributed by atoms with Crippen LogP contribution in [0.1, 0.15) is 73.0 Å². The number of hydrogen-bond donors (Lipinski definition) is 6. The average Bonchev–Trinajstić information content (AvgIpc) is 3.13. The standard InChI is InChI=1S/C43H36O8/c44-34-12-6-4-10-28(34)18-25-14-16-36(46)30(19-25)20-26-15-17-37(47)31(21-26)23-32-41(49)33(22-29-11-5-7-13-35(29)45)43-40(42(32)50)38(48)24-39(51-43)27-8-2-1-3-9-27/h1-17,19,21,39,44-47,49-50H,18,20,22-24H2/t39-/m0/s1. The molecule has 1 atom stereocenters. The average molecular weight is 681 g/mol. The van der Waals surface area contributed by atoms with Gasteiger partial charge in [0, 0.05) is 36.8 Å². The first kappa shape index (κ1) is 33.1. The Balaban J connectivity index is 1.25. The molecule has 0 radical (unpaired) electrons. The number of para-hydroxylation sites is 2. The molecule has 6 N–H and O–H groups in total. The van der Waals surface area contributed by atoms with Crippen LogP contribution in [0, 0.1) is 0 Å². The zero-order valence-electron chi connectivity index (χ0n) is 27.6. The maximum atomic E-state index is 13.7. The molecule has 256 valence electrons. The van der Waals surface area contributed by atoms with Crippen molar-refractivity contribution in [3.05, 3.63) is 171 Å². The van der Waals surface area contributed by atoms with Gasteiger partial charge in [0.25, 0.3) is 0 Å². The van der Waals surface area contributed by atoms with Crippen LogP contribution in [0.2, 0.25) is 0 Å². The molecule has 8 heteroatoms. The first-order chi connectivity index (χ1) is 24.7. The third kappa shape index (κ3) is 6.76. The van der Waals surface area contributed by atoms with Gasteiger partial charge < -0.3 is 35.4 Å². The van der Waals surface area contributed by atoms with Gasteiger partial charge in [-0.1, -0.05) is 91.0 Å². The zero-order chi connectivity index (χ0) is 35.6. The maximum absolute atomic E-state index is 13.7. The first-order valence-electron chi connectivity index (χ1n) is 16.7. The maximum Gasteiger partial charge on any atom is 0.174 e. The highest BCUT2D eigenvalue weighted by Gasteiger charge is 2.36. The van der Waals surface area contributed by atoms with Crippen LogP contribution in [0.4, 0.5) is 0 Å². The Bertz CT molecular complexity index is 2260. The summed E-state index contributed by atoms with van der Waals surface area (Å²) in [6, 6.07) is 33.2. The van der Waals surface area contributed by atoms with Crippen molar-refractivity contribution in [1.29, 1.82) is 0 Å². The molecule has 0 fully saturated rings. The largest absolute Gasteiger partial charge is 0.508 e. The number of ether oxygens (including phenoxy) is 1. The van der Waals surface area contributed by atoms with Gasteiger partial charge in [0.05, 0.1) is 6.42 Å². The summed E-state index contributed by atoms with van der Waals surface area (Å²) in [5.41, 5.74) is 4.88. The van der Waals surface area contributed by atoms with E-state index < -0.39 is 11.9 Å². The van der Waals surface area contributed by atoms with Crippen LogP contribution in [0.3, 0.4) is 0 Å². The Morgan fingerprint density at radius 2 is 1.00 bits per heavy atom. The topological polar surface area (TPSA) is 148 Å². The Morgan fingerprint density at radius 1 is 0.510 bits per heavy atom. The quantitative estimate of drug-likeness (QED) is 0.0901. The number of phenols is 6. The molecule has 0 amide bonds. The van der Waals surface area contributed by atoms with E-state index in [4.69, 9.17) is 4.74 Å². The SMILES string of the molecule is O=C1C[C@@H](c2ccccc2)Oc2c(Cc3ccccc3O)c(O)c(Cc3cc(Cc4cc(Cc5ccccc5O)ccc4O)ccc3O)c(O)c21. The Kier molecular flexibility index (Phi) is 8.98. The molecule has 6 aromatic carbocycles. The molecule has 1 heterocycles. The fraction of sp³-hybridized carbons (Fsp3) is 0.140. The van der Waals surface area contributed by atoms with Gasteiger partial charge >= 0.3 is 0 Å². The summed E-state index contributed by atoms with van der Waals surface area (Å²) < 4.78 is 6.36. The molecule has 1 aliphatic heterocycles. The van der Waals surface area contributed by atoms with Crippen molar-refractivity contribution < 1.29 is 40.2 Å². The molecule has 1 aliphatic rings. The molecular formula is C43H36O8. The van der Waals surface area contributed by atoms with Crippen molar-refractivity contribution in [3.8, 4) is 40.2 Å². The number of hydrogen-bond acceptors (Lipinski definition) is 8.